The van der Waals surface area contributed by atoms with Crippen LogP contribution < -0.4 is 0 Å². The minimum atomic E-state index is 0.229. The van der Waals surface area contributed by atoms with Gasteiger partial charge in [0.1, 0.15) is 0 Å². The van der Waals surface area contributed by atoms with Crippen molar-refractivity contribution in [1.82, 2.24) is 4.98 Å². The molecule has 0 unspecified atom stereocenters. The van der Waals surface area contributed by atoms with E-state index in [1.54, 1.807) is 0 Å². The number of hydrogen-bond donors (Lipinski definition) is 0. The smallest absolute Gasteiger partial charge is 0.0305 e. The van der Waals surface area contributed by atoms with Crippen molar-refractivity contribution in [3.8, 4) is 0 Å². The number of aromatic nitrogens is 1. The molecule has 1 nitrogen and oxygen atoms in total. The van der Waals surface area contributed by atoms with Crippen LogP contribution >= 0.6 is 0 Å². The first-order valence-corrected chi connectivity index (χ1v) is 5.53. The lowest BCUT2D eigenvalue weighted by atomic mass is 9.78. The molecule has 1 fully saturated rings. The van der Waals surface area contributed by atoms with Crippen LogP contribution in [0.4, 0.5) is 0 Å². The Balaban J connectivity index is 2.26. The van der Waals surface area contributed by atoms with Crippen molar-refractivity contribution >= 4 is 0 Å². The zero-order chi connectivity index (χ0) is 10.2. The third-order valence-corrected chi connectivity index (χ3v) is 3.20. The first kappa shape index (κ1) is 9.70. The number of nitrogens with zero attached hydrogens (tertiary/aromatic N) is 1. The predicted octanol–water partition coefficient (Wildman–Crippen LogP) is 3.65. The zero-order valence-corrected chi connectivity index (χ0v) is 9.38. The van der Waals surface area contributed by atoms with Crippen LogP contribution in [0.25, 0.3) is 0 Å². The third-order valence-electron chi connectivity index (χ3n) is 3.20. The maximum absolute atomic E-state index is 4.35. The highest BCUT2D eigenvalue weighted by atomic mass is 14.6. The number of hydrogen-bond acceptors (Lipinski definition) is 1. The van der Waals surface area contributed by atoms with Crippen molar-refractivity contribution in [1.29, 1.82) is 0 Å². The van der Waals surface area contributed by atoms with Crippen molar-refractivity contribution in [3.63, 3.8) is 0 Å². The quantitative estimate of drug-likeness (QED) is 0.657. The van der Waals surface area contributed by atoms with Crippen LogP contribution in [0.1, 0.15) is 57.1 Å². The van der Waals surface area contributed by atoms with Crippen LogP contribution in [0.15, 0.2) is 18.5 Å². The minimum Gasteiger partial charge on any atom is -0.264 e. The van der Waals surface area contributed by atoms with E-state index in [1.807, 2.05) is 12.4 Å². The van der Waals surface area contributed by atoms with E-state index in [9.17, 15) is 0 Å². The van der Waals surface area contributed by atoms with Gasteiger partial charge >= 0.3 is 0 Å². The Bertz CT molecular complexity index is 318. The molecule has 1 heteroatoms. The molecule has 2 rings (SSSR count). The van der Waals surface area contributed by atoms with Crippen molar-refractivity contribution in [2.75, 3.05) is 0 Å². The van der Waals surface area contributed by atoms with Crippen molar-refractivity contribution in [3.05, 3.63) is 29.6 Å². The van der Waals surface area contributed by atoms with Gasteiger partial charge in [0.05, 0.1) is 0 Å². The molecule has 1 aromatic rings. The van der Waals surface area contributed by atoms with Gasteiger partial charge in [0, 0.05) is 12.4 Å². The second kappa shape index (κ2) is 3.38. The zero-order valence-electron chi connectivity index (χ0n) is 9.38. The first-order chi connectivity index (χ1) is 6.57. The largest absolute Gasteiger partial charge is 0.264 e. The molecule has 0 N–H and O–H groups in total. The highest BCUT2D eigenvalue weighted by Crippen LogP contribution is 2.37. The second-order valence-corrected chi connectivity index (χ2v) is 5.38. The summed E-state index contributed by atoms with van der Waals surface area (Å²) in [6.07, 6.45) is 8.15. The molecular weight excluding hydrogens is 170 g/mol. The Kier molecular flexibility index (Phi) is 2.34. The molecule has 76 valence electrons. The molecule has 14 heavy (non-hydrogen) atoms. The van der Waals surface area contributed by atoms with Gasteiger partial charge in [0.15, 0.2) is 0 Å². The molecule has 1 aliphatic carbocycles. The third kappa shape index (κ3) is 1.82. The van der Waals surface area contributed by atoms with E-state index in [0.717, 1.165) is 5.92 Å². The maximum atomic E-state index is 4.35. The predicted molar refractivity (Wildman–Crippen MR) is 59.5 cm³/mol. The fourth-order valence-corrected chi connectivity index (χ4v) is 1.83. The summed E-state index contributed by atoms with van der Waals surface area (Å²) in [5, 5.41) is 0. The van der Waals surface area contributed by atoms with E-state index >= 15 is 0 Å². The summed E-state index contributed by atoms with van der Waals surface area (Å²) in [4.78, 5) is 4.35. The van der Waals surface area contributed by atoms with Crippen LogP contribution in [-0.4, -0.2) is 4.98 Å². The van der Waals surface area contributed by atoms with Gasteiger partial charge in [-0.25, -0.2) is 0 Å². The standard InChI is InChI=1S/C13H19N/c1-13(2,3)12-7-11(8-14-9-12)10-5-4-6-10/h7-10H,4-6H2,1-3H3. The average molecular weight is 189 g/mol. The Labute approximate surface area is 86.6 Å². The molecule has 0 saturated heterocycles. The fourth-order valence-electron chi connectivity index (χ4n) is 1.83. The lowest BCUT2D eigenvalue weighted by molar-refractivity contribution is 0.417. The Morgan fingerprint density at radius 2 is 1.93 bits per heavy atom. The van der Waals surface area contributed by atoms with E-state index in [-0.39, 0.29) is 5.41 Å². The van der Waals surface area contributed by atoms with Crippen LogP contribution in [0.5, 0.6) is 0 Å². The molecular formula is C13H19N. The molecule has 1 aromatic heterocycles. The van der Waals surface area contributed by atoms with Crippen molar-refractivity contribution in [2.45, 2.75) is 51.4 Å². The van der Waals surface area contributed by atoms with E-state index < -0.39 is 0 Å². The molecule has 1 saturated carbocycles. The average Bonchev–Trinajstić information content (AvgIpc) is 2.00. The summed E-state index contributed by atoms with van der Waals surface area (Å²) < 4.78 is 0. The minimum absolute atomic E-state index is 0.229. The Morgan fingerprint density at radius 3 is 2.43 bits per heavy atom. The molecule has 0 amide bonds. The number of rotatable bonds is 1. The molecule has 0 aromatic carbocycles. The summed E-state index contributed by atoms with van der Waals surface area (Å²) in [6, 6.07) is 2.34. The van der Waals surface area contributed by atoms with Crippen LogP contribution in [-0.2, 0) is 5.41 Å². The van der Waals surface area contributed by atoms with Crippen LogP contribution in [0.2, 0.25) is 0 Å². The van der Waals surface area contributed by atoms with Gasteiger partial charge in [-0.1, -0.05) is 33.3 Å². The molecule has 0 aliphatic heterocycles. The van der Waals surface area contributed by atoms with Crippen molar-refractivity contribution in [2.24, 2.45) is 0 Å². The van der Waals surface area contributed by atoms with Gasteiger partial charge in [-0.3, -0.25) is 4.98 Å². The lowest BCUT2D eigenvalue weighted by Gasteiger charge is -2.27. The molecule has 0 atom stereocenters. The monoisotopic (exact) mass is 189 g/mol. The van der Waals surface area contributed by atoms with Gasteiger partial charge in [0.25, 0.3) is 0 Å². The van der Waals surface area contributed by atoms with E-state index in [4.69, 9.17) is 0 Å². The highest BCUT2D eigenvalue weighted by Gasteiger charge is 2.21. The normalized spacial score (nSPS) is 17.9. The summed E-state index contributed by atoms with van der Waals surface area (Å²) in [5.74, 6) is 0.796. The maximum Gasteiger partial charge on any atom is 0.0305 e. The Hall–Kier alpha value is -0.850. The fraction of sp³-hybridized carbons (Fsp3) is 0.615. The van der Waals surface area contributed by atoms with Gasteiger partial charge < -0.3 is 0 Å². The summed E-state index contributed by atoms with van der Waals surface area (Å²) in [7, 11) is 0. The molecule has 0 radical (unpaired) electrons. The Morgan fingerprint density at radius 1 is 1.21 bits per heavy atom. The summed E-state index contributed by atoms with van der Waals surface area (Å²) >= 11 is 0. The molecule has 0 bridgehead atoms. The molecule has 1 aliphatic rings. The lowest BCUT2D eigenvalue weighted by Crippen LogP contribution is -2.14. The van der Waals surface area contributed by atoms with E-state index in [0.29, 0.717) is 0 Å². The SMILES string of the molecule is CC(C)(C)c1cncc(C2CCC2)c1. The summed E-state index contributed by atoms with van der Waals surface area (Å²) in [6.45, 7) is 6.73. The number of pyridine rings is 1. The van der Waals surface area contributed by atoms with Gasteiger partial charge in [0.2, 0.25) is 0 Å². The van der Waals surface area contributed by atoms with E-state index in [2.05, 4.69) is 31.8 Å². The van der Waals surface area contributed by atoms with Crippen LogP contribution in [0.3, 0.4) is 0 Å². The second-order valence-electron chi connectivity index (χ2n) is 5.38. The van der Waals surface area contributed by atoms with Crippen molar-refractivity contribution < 1.29 is 0 Å². The van der Waals surface area contributed by atoms with Gasteiger partial charge in [-0.15, -0.1) is 0 Å². The van der Waals surface area contributed by atoms with Gasteiger partial charge in [-0.2, -0.15) is 0 Å². The summed E-state index contributed by atoms with van der Waals surface area (Å²) in [5.41, 5.74) is 3.04. The molecule has 1 heterocycles. The molecule has 0 spiro atoms. The van der Waals surface area contributed by atoms with Crippen LogP contribution in [0, 0.1) is 0 Å². The topological polar surface area (TPSA) is 12.9 Å². The first-order valence-electron chi connectivity index (χ1n) is 5.53. The van der Waals surface area contributed by atoms with E-state index in [1.165, 1.54) is 30.4 Å². The van der Waals surface area contributed by atoms with Gasteiger partial charge in [-0.05, 0) is 35.3 Å². The highest BCUT2D eigenvalue weighted by molar-refractivity contribution is 5.27.